The third-order valence-corrected chi connectivity index (χ3v) is 3.61. The summed E-state index contributed by atoms with van der Waals surface area (Å²) in [6.07, 6.45) is 4.55. The van der Waals surface area contributed by atoms with Crippen molar-refractivity contribution in [2.75, 3.05) is 5.32 Å². The van der Waals surface area contributed by atoms with Crippen molar-refractivity contribution in [1.29, 1.82) is 0 Å². The van der Waals surface area contributed by atoms with Crippen molar-refractivity contribution in [3.05, 3.63) is 28.2 Å². The molecule has 0 heterocycles. The minimum absolute atomic E-state index is 0.452. The summed E-state index contributed by atoms with van der Waals surface area (Å²) in [5, 5.41) is 8.73. The zero-order valence-corrected chi connectivity index (χ0v) is 12.0. The molecule has 0 radical (unpaired) electrons. The molecule has 1 aromatic carbocycles. The summed E-state index contributed by atoms with van der Waals surface area (Å²) in [6.45, 7) is 0. The molecule has 1 fully saturated rings. The molecular weight excluding hydrogens is 289 g/mol. The van der Waals surface area contributed by atoms with Crippen LogP contribution in [-0.2, 0) is 0 Å². The Morgan fingerprint density at radius 1 is 1.17 bits per heavy atom. The molecule has 0 aliphatic heterocycles. The van der Waals surface area contributed by atoms with Crippen LogP contribution in [0.2, 0.25) is 10.0 Å². The Morgan fingerprint density at radius 3 is 2.56 bits per heavy atom. The standard InChI is InChI=1S/C12H13Cl2N3S/c13-10-6-5-9(7-11(10)14)15-12(18)17-16-8-3-1-2-4-8/h5-7H,1-4H2,(H2,15,17,18). The van der Waals surface area contributed by atoms with Gasteiger partial charge < -0.3 is 5.32 Å². The van der Waals surface area contributed by atoms with Crippen LogP contribution in [-0.4, -0.2) is 10.8 Å². The lowest BCUT2D eigenvalue weighted by Crippen LogP contribution is -2.24. The average Bonchev–Trinajstić information content (AvgIpc) is 2.84. The van der Waals surface area contributed by atoms with Gasteiger partial charge in [0.05, 0.1) is 10.0 Å². The van der Waals surface area contributed by atoms with Gasteiger partial charge in [0.25, 0.3) is 0 Å². The number of halogens is 2. The summed E-state index contributed by atoms with van der Waals surface area (Å²) in [5.74, 6) is 0. The first-order valence-electron chi connectivity index (χ1n) is 5.72. The van der Waals surface area contributed by atoms with Crippen LogP contribution in [0.15, 0.2) is 23.3 Å². The van der Waals surface area contributed by atoms with Crippen molar-refractivity contribution < 1.29 is 0 Å². The van der Waals surface area contributed by atoms with Gasteiger partial charge in [0, 0.05) is 11.4 Å². The maximum atomic E-state index is 5.91. The average molecular weight is 302 g/mol. The molecule has 1 aromatic rings. The molecule has 0 atom stereocenters. The molecule has 3 nitrogen and oxygen atoms in total. The first-order chi connectivity index (χ1) is 8.65. The van der Waals surface area contributed by atoms with Crippen LogP contribution in [0.1, 0.15) is 25.7 Å². The van der Waals surface area contributed by atoms with E-state index in [4.69, 9.17) is 35.4 Å². The van der Waals surface area contributed by atoms with E-state index in [0.29, 0.717) is 15.2 Å². The second kappa shape index (κ2) is 6.36. The van der Waals surface area contributed by atoms with Crippen molar-refractivity contribution in [2.45, 2.75) is 25.7 Å². The number of thiocarbonyl (C=S) groups is 1. The zero-order chi connectivity index (χ0) is 13.0. The van der Waals surface area contributed by atoms with Gasteiger partial charge in [0.2, 0.25) is 0 Å². The monoisotopic (exact) mass is 301 g/mol. The number of rotatable bonds is 2. The lowest BCUT2D eigenvalue weighted by Gasteiger charge is -2.08. The quantitative estimate of drug-likeness (QED) is 0.634. The number of nitrogens with one attached hydrogen (secondary N) is 2. The van der Waals surface area contributed by atoms with Crippen molar-refractivity contribution in [3.63, 3.8) is 0 Å². The number of benzene rings is 1. The zero-order valence-electron chi connectivity index (χ0n) is 9.67. The molecule has 2 rings (SSSR count). The van der Waals surface area contributed by atoms with Crippen molar-refractivity contribution in [2.24, 2.45) is 5.10 Å². The maximum Gasteiger partial charge on any atom is 0.191 e. The molecule has 0 unspecified atom stereocenters. The number of hydrazone groups is 1. The van der Waals surface area contributed by atoms with Gasteiger partial charge in [-0.05, 0) is 56.1 Å². The molecule has 1 saturated carbocycles. The second-order valence-corrected chi connectivity index (χ2v) is 5.30. The molecule has 0 bridgehead atoms. The predicted molar refractivity (Wildman–Crippen MR) is 81.7 cm³/mol. The highest BCUT2D eigenvalue weighted by Gasteiger charge is 2.08. The van der Waals surface area contributed by atoms with Gasteiger partial charge in [-0.1, -0.05) is 23.2 Å². The van der Waals surface area contributed by atoms with E-state index < -0.39 is 0 Å². The van der Waals surface area contributed by atoms with E-state index in [0.717, 1.165) is 18.5 Å². The Labute approximate surface area is 122 Å². The number of hydrogen-bond acceptors (Lipinski definition) is 2. The first-order valence-corrected chi connectivity index (χ1v) is 6.89. The van der Waals surface area contributed by atoms with E-state index in [-0.39, 0.29) is 0 Å². The van der Waals surface area contributed by atoms with Crippen LogP contribution in [0.25, 0.3) is 0 Å². The Morgan fingerprint density at radius 2 is 1.89 bits per heavy atom. The van der Waals surface area contributed by atoms with Gasteiger partial charge in [0.15, 0.2) is 5.11 Å². The molecule has 0 spiro atoms. The fourth-order valence-electron chi connectivity index (χ4n) is 1.76. The van der Waals surface area contributed by atoms with Gasteiger partial charge in [-0.15, -0.1) is 0 Å². The fourth-order valence-corrected chi connectivity index (χ4v) is 2.22. The Hall–Kier alpha value is -0.840. The maximum absolute atomic E-state index is 5.91. The van der Waals surface area contributed by atoms with E-state index >= 15 is 0 Å². The summed E-state index contributed by atoms with van der Waals surface area (Å²) in [5.41, 5.74) is 4.80. The minimum atomic E-state index is 0.452. The second-order valence-electron chi connectivity index (χ2n) is 4.08. The van der Waals surface area contributed by atoms with Crippen LogP contribution < -0.4 is 10.7 Å². The van der Waals surface area contributed by atoms with E-state index in [1.165, 1.54) is 18.6 Å². The first kappa shape index (κ1) is 13.6. The lowest BCUT2D eigenvalue weighted by molar-refractivity contribution is 0.886. The van der Waals surface area contributed by atoms with E-state index in [2.05, 4.69) is 15.8 Å². The summed E-state index contributed by atoms with van der Waals surface area (Å²) in [6, 6.07) is 5.25. The van der Waals surface area contributed by atoms with Crippen LogP contribution in [0.3, 0.4) is 0 Å². The summed E-state index contributed by atoms with van der Waals surface area (Å²) < 4.78 is 0. The van der Waals surface area contributed by atoms with Crippen molar-refractivity contribution in [3.8, 4) is 0 Å². The third kappa shape index (κ3) is 3.83. The number of nitrogens with zero attached hydrogens (tertiary/aromatic N) is 1. The van der Waals surface area contributed by atoms with Gasteiger partial charge in [-0.25, -0.2) is 0 Å². The predicted octanol–water partition coefficient (Wildman–Crippen LogP) is 4.21. The minimum Gasteiger partial charge on any atom is -0.331 e. The van der Waals surface area contributed by atoms with Crippen molar-refractivity contribution in [1.82, 2.24) is 5.43 Å². The van der Waals surface area contributed by atoms with Crippen LogP contribution >= 0.6 is 35.4 Å². The van der Waals surface area contributed by atoms with Gasteiger partial charge in [-0.2, -0.15) is 5.10 Å². The molecule has 0 amide bonds. The third-order valence-electron chi connectivity index (χ3n) is 2.67. The highest BCUT2D eigenvalue weighted by Crippen LogP contribution is 2.24. The molecule has 2 N–H and O–H groups in total. The molecule has 0 aromatic heterocycles. The van der Waals surface area contributed by atoms with Crippen LogP contribution in [0.5, 0.6) is 0 Å². The Balaban J connectivity index is 1.90. The van der Waals surface area contributed by atoms with Gasteiger partial charge in [-0.3, -0.25) is 5.43 Å². The van der Waals surface area contributed by atoms with E-state index in [9.17, 15) is 0 Å². The van der Waals surface area contributed by atoms with Gasteiger partial charge >= 0.3 is 0 Å². The molecular formula is C12H13Cl2N3S. The summed E-state index contributed by atoms with van der Waals surface area (Å²) in [7, 11) is 0. The van der Waals surface area contributed by atoms with E-state index in [1.807, 2.05) is 6.07 Å². The summed E-state index contributed by atoms with van der Waals surface area (Å²) in [4.78, 5) is 0. The van der Waals surface area contributed by atoms with Crippen LogP contribution in [0.4, 0.5) is 5.69 Å². The Bertz CT molecular complexity index is 480. The molecule has 0 saturated heterocycles. The smallest absolute Gasteiger partial charge is 0.191 e. The van der Waals surface area contributed by atoms with Crippen LogP contribution in [0, 0.1) is 0 Å². The highest BCUT2D eigenvalue weighted by molar-refractivity contribution is 7.80. The molecule has 1 aliphatic carbocycles. The SMILES string of the molecule is S=C(NN=C1CCCC1)Nc1ccc(Cl)c(Cl)c1. The molecule has 6 heteroatoms. The summed E-state index contributed by atoms with van der Waals surface area (Å²) >= 11 is 16.9. The highest BCUT2D eigenvalue weighted by atomic mass is 35.5. The lowest BCUT2D eigenvalue weighted by atomic mass is 10.3. The van der Waals surface area contributed by atoms with E-state index in [1.54, 1.807) is 12.1 Å². The number of hydrogen-bond donors (Lipinski definition) is 2. The van der Waals surface area contributed by atoms with Crippen molar-refractivity contribution >= 4 is 51.9 Å². The normalized spacial score (nSPS) is 14.4. The Kier molecular flexibility index (Phi) is 4.80. The molecule has 1 aliphatic rings. The topological polar surface area (TPSA) is 36.4 Å². The number of anilines is 1. The fraction of sp³-hybridized carbons (Fsp3) is 0.333. The molecule has 96 valence electrons. The largest absolute Gasteiger partial charge is 0.331 e. The van der Waals surface area contributed by atoms with Gasteiger partial charge in [0.1, 0.15) is 0 Å². The molecule has 18 heavy (non-hydrogen) atoms.